The number of nitrogens with zero attached hydrogens (tertiary/aromatic N) is 2. The maximum absolute atomic E-state index is 13.8. The third-order valence-corrected chi connectivity index (χ3v) is 2.93. The lowest BCUT2D eigenvalue weighted by Crippen LogP contribution is -2.19. The van der Waals surface area contributed by atoms with E-state index in [1.54, 1.807) is 18.3 Å². The highest BCUT2D eigenvalue weighted by atomic mass is 19.1. The lowest BCUT2D eigenvalue weighted by Gasteiger charge is -2.13. The monoisotopic (exact) mass is 255 g/mol. The van der Waals surface area contributed by atoms with E-state index in [0.717, 1.165) is 5.69 Å². The Morgan fingerprint density at radius 2 is 2.16 bits per heavy atom. The van der Waals surface area contributed by atoms with Crippen LogP contribution in [0.3, 0.4) is 0 Å². The van der Waals surface area contributed by atoms with E-state index in [1.165, 1.54) is 6.07 Å². The van der Waals surface area contributed by atoms with Gasteiger partial charge in [0.25, 0.3) is 0 Å². The van der Waals surface area contributed by atoms with E-state index in [2.05, 4.69) is 10.3 Å². The van der Waals surface area contributed by atoms with E-state index in [1.807, 2.05) is 31.2 Å². The number of benzene rings is 1. The van der Waals surface area contributed by atoms with E-state index in [-0.39, 0.29) is 11.6 Å². The van der Waals surface area contributed by atoms with Crippen LogP contribution in [-0.2, 0) is 6.54 Å². The van der Waals surface area contributed by atoms with Crippen LogP contribution in [0, 0.1) is 17.1 Å². The summed E-state index contributed by atoms with van der Waals surface area (Å²) in [5, 5.41) is 12.0. The summed E-state index contributed by atoms with van der Waals surface area (Å²) in [5.74, 6) is -0.453. The summed E-state index contributed by atoms with van der Waals surface area (Å²) in [6, 6.07) is 12.4. The zero-order valence-corrected chi connectivity index (χ0v) is 10.6. The van der Waals surface area contributed by atoms with Crippen LogP contribution >= 0.6 is 0 Å². The van der Waals surface area contributed by atoms with Crippen molar-refractivity contribution in [2.24, 2.45) is 0 Å². The fourth-order valence-electron chi connectivity index (χ4n) is 1.80. The molecule has 3 nitrogen and oxygen atoms in total. The molecule has 0 saturated heterocycles. The fourth-order valence-corrected chi connectivity index (χ4v) is 1.80. The van der Waals surface area contributed by atoms with Crippen LogP contribution in [0.25, 0.3) is 0 Å². The van der Waals surface area contributed by atoms with Crippen molar-refractivity contribution in [3.63, 3.8) is 0 Å². The van der Waals surface area contributed by atoms with Gasteiger partial charge in [-0.2, -0.15) is 5.26 Å². The summed E-state index contributed by atoms with van der Waals surface area (Å²) in [4.78, 5) is 4.24. The van der Waals surface area contributed by atoms with Crippen molar-refractivity contribution in [1.29, 1.82) is 5.26 Å². The van der Waals surface area contributed by atoms with Crippen LogP contribution < -0.4 is 5.32 Å². The smallest absolute Gasteiger partial charge is 0.145 e. The van der Waals surface area contributed by atoms with Gasteiger partial charge < -0.3 is 5.32 Å². The van der Waals surface area contributed by atoms with Crippen LogP contribution in [0.4, 0.5) is 4.39 Å². The molecule has 2 rings (SSSR count). The van der Waals surface area contributed by atoms with Crippen LogP contribution in [-0.4, -0.2) is 4.98 Å². The molecule has 0 aliphatic carbocycles. The van der Waals surface area contributed by atoms with Crippen molar-refractivity contribution >= 4 is 0 Å². The molecule has 0 amide bonds. The van der Waals surface area contributed by atoms with Gasteiger partial charge in [-0.25, -0.2) is 4.39 Å². The minimum atomic E-state index is -0.453. The predicted octanol–water partition coefficient (Wildman–Crippen LogP) is 2.94. The van der Waals surface area contributed by atoms with Crippen molar-refractivity contribution in [3.8, 4) is 6.07 Å². The summed E-state index contributed by atoms with van der Waals surface area (Å²) < 4.78 is 13.8. The molecule has 1 heterocycles. The molecule has 4 heteroatoms. The Hall–Kier alpha value is -2.25. The minimum absolute atomic E-state index is 0.0198. The molecule has 0 bridgehead atoms. The lowest BCUT2D eigenvalue weighted by atomic mass is 10.1. The standard InChI is InChI=1S/C15H14FN3/c1-11(14-7-2-3-8-18-14)19-10-13-6-4-5-12(9-17)15(13)16/h2-8,11,19H,10H2,1H3. The first kappa shape index (κ1) is 13.2. The summed E-state index contributed by atoms with van der Waals surface area (Å²) in [6.45, 7) is 2.33. The van der Waals surface area contributed by atoms with Gasteiger partial charge in [0.05, 0.1) is 11.3 Å². The van der Waals surface area contributed by atoms with Crippen LogP contribution in [0.1, 0.15) is 29.8 Å². The number of rotatable bonds is 4. The summed E-state index contributed by atoms with van der Waals surface area (Å²) in [6.07, 6.45) is 1.73. The molecule has 1 unspecified atom stereocenters. The topological polar surface area (TPSA) is 48.7 Å². The average Bonchev–Trinajstić information content (AvgIpc) is 2.47. The molecule has 0 fully saturated rings. The third kappa shape index (κ3) is 3.15. The van der Waals surface area contributed by atoms with Gasteiger partial charge in [-0.15, -0.1) is 0 Å². The highest BCUT2D eigenvalue weighted by Crippen LogP contribution is 2.14. The van der Waals surface area contributed by atoms with E-state index in [9.17, 15) is 4.39 Å². The van der Waals surface area contributed by atoms with Gasteiger partial charge in [0, 0.05) is 24.3 Å². The van der Waals surface area contributed by atoms with Gasteiger partial charge in [0.1, 0.15) is 11.9 Å². The average molecular weight is 255 g/mol. The molecule has 1 atom stereocenters. The number of halogens is 1. The second-order valence-electron chi connectivity index (χ2n) is 4.25. The second-order valence-corrected chi connectivity index (χ2v) is 4.25. The zero-order valence-electron chi connectivity index (χ0n) is 10.6. The van der Waals surface area contributed by atoms with Crippen molar-refractivity contribution in [1.82, 2.24) is 10.3 Å². The Morgan fingerprint density at radius 3 is 2.84 bits per heavy atom. The normalized spacial score (nSPS) is 11.8. The van der Waals surface area contributed by atoms with Gasteiger partial charge in [0.2, 0.25) is 0 Å². The molecule has 0 radical (unpaired) electrons. The third-order valence-electron chi connectivity index (χ3n) is 2.93. The quantitative estimate of drug-likeness (QED) is 0.913. The number of hydrogen-bond donors (Lipinski definition) is 1. The van der Waals surface area contributed by atoms with Crippen LogP contribution in [0.2, 0.25) is 0 Å². The van der Waals surface area contributed by atoms with Crippen molar-refractivity contribution in [2.75, 3.05) is 0 Å². The molecule has 2 aromatic rings. The molecular weight excluding hydrogens is 241 g/mol. The molecule has 0 aliphatic rings. The van der Waals surface area contributed by atoms with E-state index in [4.69, 9.17) is 5.26 Å². The van der Waals surface area contributed by atoms with E-state index < -0.39 is 5.82 Å². The number of nitriles is 1. The Kier molecular flexibility index (Phi) is 4.22. The van der Waals surface area contributed by atoms with Crippen molar-refractivity contribution in [3.05, 3.63) is 65.2 Å². The van der Waals surface area contributed by atoms with Gasteiger partial charge in [-0.1, -0.05) is 18.2 Å². The van der Waals surface area contributed by atoms with Gasteiger partial charge in [-0.05, 0) is 25.1 Å². The molecular formula is C15H14FN3. The first-order chi connectivity index (χ1) is 9.22. The van der Waals surface area contributed by atoms with Gasteiger partial charge in [-0.3, -0.25) is 4.98 Å². The van der Waals surface area contributed by atoms with Gasteiger partial charge in [0.15, 0.2) is 0 Å². The van der Waals surface area contributed by atoms with Crippen molar-refractivity contribution < 1.29 is 4.39 Å². The second kappa shape index (κ2) is 6.07. The van der Waals surface area contributed by atoms with E-state index in [0.29, 0.717) is 12.1 Å². The number of nitrogens with one attached hydrogen (secondary N) is 1. The Morgan fingerprint density at radius 1 is 1.32 bits per heavy atom. The molecule has 0 spiro atoms. The maximum atomic E-state index is 13.8. The largest absolute Gasteiger partial charge is 0.305 e. The summed E-state index contributed by atoms with van der Waals surface area (Å²) in [7, 11) is 0. The molecule has 1 aromatic heterocycles. The van der Waals surface area contributed by atoms with Crippen molar-refractivity contribution in [2.45, 2.75) is 19.5 Å². The first-order valence-corrected chi connectivity index (χ1v) is 6.04. The Bertz CT molecular complexity index is 590. The predicted molar refractivity (Wildman–Crippen MR) is 70.6 cm³/mol. The molecule has 96 valence electrons. The van der Waals surface area contributed by atoms with Crippen LogP contribution in [0.15, 0.2) is 42.6 Å². The number of pyridine rings is 1. The lowest BCUT2D eigenvalue weighted by molar-refractivity contribution is 0.535. The molecule has 0 aliphatic heterocycles. The number of aromatic nitrogens is 1. The first-order valence-electron chi connectivity index (χ1n) is 6.04. The molecule has 19 heavy (non-hydrogen) atoms. The highest BCUT2D eigenvalue weighted by Gasteiger charge is 2.10. The minimum Gasteiger partial charge on any atom is -0.305 e. The van der Waals surface area contributed by atoms with E-state index >= 15 is 0 Å². The molecule has 1 aromatic carbocycles. The summed E-state index contributed by atoms with van der Waals surface area (Å²) >= 11 is 0. The van der Waals surface area contributed by atoms with Gasteiger partial charge >= 0.3 is 0 Å². The highest BCUT2D eigenvalue weighted by molar-refractivity contribution is 5.34. The zero-order chi connectivity index (χ0) is 13.7. The summed E-state index contributed by atoms with van der Waals surface area (Å²) in [5.41, 5.74) is 1.46. The number of hydrogen-bond acceptors (Lipinski definition) is 3. The fraction of sp³-hybridized carbons (Fsp3) is 0.200. The Balaban J connectivity index is 2.06. The molecule has 0 saturated carbocycles. The SMILES string of the molecule is CC(NCc1cccc(C#N)c1F)c1ccccn1. The maximum Gasteiger partial charge on any atom is 0.145 e. The Labute approximate surface area is 111 Å². The van der Waals surface area contributed by atoms with Crippen LogP contribution in [0.5, 0.6) is 0 Å². The molecule has 1 N–H and O–H groups in total.